The fraction of sp³-hybridized carbons (Fsp3) is 0.294. The minimum Gasteiger partial charge on any atom is -0.308 e. The van der Waals surface area contributed by atoms with Crippen molar-refractivity contribution in [3.63, 3.8) is 0 Å². The molecule has 0 aliphatic carbocycles. The maximum Gasteiger partial charge on any atom is 0.137 e. The van der Waals surface area contributed by atoms with Crippen LogP contribution in [0.5, 0.6) is 0 Å². The molecule has 0 saturated carbocycles. The van der Waals surface area contributed by atoms with Gasteiger partial charge in [-0.05, 0) is 50.6 Å². The van der Waals surface area contributed by atoms with Crippen molar-refractivity contribution in [2.75, 3.05) is 0 Å². The zero-order valence-corrected chi connectivity index (χ0v) is 14.0. The molecule has 0 aliphatic heterocycles. The van der Waals surface area contributed by atoms with Crippen LogP contribution in [0, 0.1) is 5.82 Å². The highest BCUT2D eigenvalue weighted by Crippen LogP contribution is 2.34. The molecule has 1 N–H and O–H groups in total. The second kappa shape index (κ2) is 6.82. The van der Waals surface area contributed by atoms with Gasteiger partial charge in [-0.15, -0.1) is 0 Å². The van der Waals surface area contributed by atoms with Gasteiger partial charge in [0.15, 0.2) is 0 Å². The molecule has 2 rings (SSSR count). The third-order valence-corrected chi connectivity index (χ3v) is 4.28. The van der Waals surface area contributed by atoms with Crippen LogP contribution in [0.15, 0.2) is 52.3 Å². The molecule has 0 bridgehead atoms. The van der Waals surface area contributed by atoms with Crippen LogP contribution in [0.2, 0.25) is 5.02 Å². The first-order chi connectivity index (χ1) is 9.85. The third kappa shape index (κ3) is 5.03. The molecule has 2 aromatic rings. The standard InChI is InChI=1S/C17H19ClFNS/c1-17(2,3)20-11-12-8-9-13(18)10-16(12)21-15-7-5-4-6-14(15)19/h4-10,20H,11H2,1-3H3. The zero-order valence-electron chi connectivity index (χ0n) is 12.4. The lowest BCUT2D eigenvalue weighted by atomic mass is 10.1. The SMILES string of the molecule is CC(C)(C)NCc1ccc(Cl)cc1Sc1ccccc1F. The van der Waals surface area contributed by atoms with Crippen molar-refractivity contribution in [3.8, 4) is 0 Å². The van der Waals surface area contributed by atoms with Gasteiger partial charge in [0.25, 0.3) is 0 Å². The Balaban J connectivity index is 2.25. The molecule has 0 aliphatic rings. The van der Waals surface area contributed by atoms with Crippen LogP contribution >= 0.6 is 23.4 Å². The Bertz CT molecular complexity index is 622. The number of nitrogens with one attached hydrogen (secondary N) is 1. The fourth-order valence-corrected chi connectivity index (χ4v) is 3.02. The van der Waals surface area contributed by atoms with Gasteiger partial charge in [0.1, 0.15) is 5.82 Å². The molecule has 21 heavy (non-hydrogen) atoms. The van der Waals surface area contributed by atoms with Gasteiger partial charge in [-0.2, -0.15) is 0 Å². The van der Waals surface area contributed by atoms with E-state index in [-0.39, 0.29) is 11.4 Å². The maximum absolute atomic E-state index is 13.8. The molecule has 0 aromatic heterocycles. The van der Waals surface area contributed by atoms with E-state index in [9.17, 15) is 4.39 Å². The first kappa shape index (κ1) is 16.3. The third-order valence-electron chi connectivity index (χ3n) is 2.89. The lowest BCUT2D eigenvalue weighted by molar-refractivity contribution is 0.422. The van der Waals surface area contributed by atoms with Crippen molar-refractivity contribution in [1.29, 1.82) is 0 Å². The van der Waals surface area contributed by atoms with E-state index in [0.29, 0.717) is 9.92 Å². The summed E-state index contributed by atoms with van der Waals surface area (Å²) in [6.45, 7) is 7.07. The summed E-state index contributed by atoms with van der Waals surface area (Å²) in [5.41, 5.74) is 1.14. The molecular weight excluding hydrogens is 305 g/mol. The van der Waals surface area contributed by atoms with Crippen LogP contribution in [0.3, 0.4) is 0 Å². The van der Waals surface area contributed by atoms with Gasteiger partial charge in [-0.3, -0.25) is 0 Å². The van der Waals surface area contributed by atoms with Gasteiger partial charge in [-0.1, -0.05) is 41.6 Å². The van der Waals surface area contributed by atoms with Crippen LogP contribution in [0.4, 0.5) is 4.39 Å². The van der Waals surface area contributed by atoms with Crippen molar-refractivity contribution in [1.82, 2.24) is 5.32 Å². The van der Waals surface area contributed by atoms with Gasteiger partial charge in [0, 0.05) is 26.9 Å². The number of hydrogen-bond donors (Lipinski definition) is 1. The van der Waals surface area contributed by atoms with E-state index in [4.69, 9.17) is 11.6 Å². The highest BCUT2D eigenvalue weighted by molar-refractivity contribution is 7.99. The Morgan fingerprint density at radius 2 is 1.81 bits per heavy atom. The van der Waals surface area contributed by atoms with E-state index in [1.165, 1.54) is 17.8 Å². The highest BCUT2D eigenvalue weighted by atomic mass is 35.5. The smallest absolute Gasteiger partial charge is 0.137 e. The van der Waals surface area contributed by atoms with Gasteiger partial charge >= 0.3 is 0 Å². The monoisotopic (exact) mass is 323 g/mol. The molecular formula is C17H19ClFNS. The molecule has 0 fully saturated rings. The molecule has 112 valence electrons. The predicted octanol–water partition coefficient (Wildman–Crippen LogP) is 5.52. The zero-order chi connectivity index (χ0) is 15.5. The Hall–Kier alpha value is -1.03. The summed E-state index contributed by atoms with van der Waals surface area (Å²) in [4.78, 5) is 1.58. The van der Waals surface area contributed by atoms with E-state index >= 15 is 0 Å². The average Bonchev–Trinajstić information content (AvgIpc) is 2.39. The number of halogens is 2. The Morgan fingerprint density at radius 3 is 2.48 bits per heavy atom. The summed E-state index contributed by atoms with van der Waals surface area (Å²) in [5, 5.41) is 4.11. The molecule has 0 heterocycles. The van der Waals surface area contributed by atoms with Crippen LogP contribution in [0.25, 0.3) is 0 Å². The minimum atomic E-state index is -0.211. The number of hydrogen-bond acceptors (Lipinski definition) is 2. The van der Waals surface area contributed by atoms with Crippen LogP contribution in [-0.4, -0.2) is 5.54 Å². The summed E-state index contributed by atoms with van der Waals surface area (Å²) in [5.74, 6) is -0.211. The number of rotatable bonds is 4. The van der Waals surface area contributed by atoms with Crippen molar-refractivity contribution in [2.24, 2.45) is 0 Å². The van der Waals surface area contributed by atoms with Gasteiger partial charge in [0.2, 0.25) is 0 Å². The van der Waals surface area contributed by atoms with Gasteiger partial charge in [0.05, 0.1) is 0 Å². The summed E-state index contributed by atoms with van der Waals surface area (Å²) < 4.78 is 13.8. The molecule has 0 spiro atoms. The summed E-state index contributed by atoms with van der Waals surface area (Å²) >= 11 is 7.49. The van der Waals surface area contributed by atoms with Crippen molar-refractivity contribution < 1.29 is 4.39 Å². The van der Waals surface area contributed by atoms with Crippen molar-refractivity contribution in [2.45, 2.75) is 42.6 Å². The second-order valence-corrected chi connectivity index (χ2v) is 7.41. The maximum atomic E-state index is 13.8. The first-order valence-corrected chi connectivity index (χ1v) is 8.00. The summed E-state index contributed by atoms with van der Waals surface area (Å²) in [7, 11) is 0. The fourth-order valence-electron chi connectivity index (χ4n) is 1.78. The lowest BCUT2D eigenvalue weighted by Crippen LogP contribution is -2.35. The lowest BCUT2D eigenvalue weighted by Gasteiger charge is -2.21. The molecule has 0 atom stereocenters. The van der Waals surface area contributed by atoms with E-state index in [1.807, 2.05) is 24.3 Å². The second-order valence-electron chi connectivity index (χ2n) is 5.89. The molecule has 0 unspecified atom stereocenters. The molecule has 0 radical (unpaired) electrons. The topological polar surface area (TPSA) is 12.0 Å². The van der Waals surface area contributed by atoms with Crippen LogP contribution in [0.1, 0.15) is 26.3 Å². The largest absolute Gasteiger partial charge is 0.308 e. The van der Waals surface area contributed by atoms with E-state index in [0.717, 1.165) is 17.0 Å². The average molecular weight is 324 g/mol. The quantitative estimate of drug-likeness (QED) is 0.795. The predicted molar refractivity (Wildman–Crippen MR) is 88.6 cm³/mol. The molecule has 2 aromatic carbocycles. The highest BCUT2D eigenvalue weighted by Gasteiger charge is 2.12. The minimum absolute atomic E-state index is 0.0274. The Morgan fingerprint density at radius 1 is 1.10 bits per heavy atom. The van der Waals surface area contributed by atoms with E-state index < -0.39 is 0 Å². The number of benzene rings is 2. The van der Waals surface area contributed by atoms with Crippen molar-refractivity contribution in [3.05, 3.63) is 58.9 Å². The summed E-state index contributed by atoms with van der Waals surface area (Å²) in [6.07, 6.45) is 0. The molecule has 0 saturated heterocycles. The first-order valence-electron chi connectivity index (χ1n) is 6.81. The van der Waals surface area contributed by atoms with Crippen molar-refractivity contribution >= 4 is 23.4 Å². The Labute approximate surface area is 134 Å². The molecule has 4 heteroatoms. The molecule has 1 nitrogen and oxygen atoms in total. The molecule has 0 amide bonds. The van der Waals surface area contributed by atoms with Gasteiger partial charge in [-0.25, -0.2) is 4.39 Å². The Kier molecular flexibility index (Phi) is 5.31. The van der Waals surface area contributed by atoms with Crippen LogP contribution < -0.4 is 5.32 Å². The van der Waals surface area contributed by atoms with Gasteiger partial charge < -0.3 is 5.32 Å². The normalized spacial score (nSPS) is 11.7. The van der Waals surface area contributed by atoms with Crippen LogP contribution in [-0.2, 0) is 6.54 Å². The van der Waals surface area contributed by atoms with E-state index in [2.05, 4.69) is 26.1 Å². The summed E-state index contributed by atoms with van der Waals surface area (Å²) in [6, 6.07) is 12.5. The van der Waals surface area contributed by atoms with E-state index in [1.54, 1.807) is 12.1 Å².